The van der Waals surface area contributed by atoms with Crippen LogP contribution in [0, 0.1) is 0 Å². The molecule has 0 unspecified atom stereocenters. The number of hydrogen-bond acceptors (Lipinski definition) is 4. The highest BCUT2D eigenvalue weighted by molar-refractivity contribution is 5.90. The van der Waals surface area contributed by atoms with Gasteiger partial charge >= 0.3 is 5.97 Å². The molecule has 3 aromatic carbocycles. The minimum atomic E-state index is -1.02. The number of hydrogen-bond donors (Lipinski definition) is 1. The maximum Gasteiger partial charge on any atom is 0.339 e. The second-order valence-electron chi connectivity index (χ2n) is 5.38. The van der Waals surface area contributed by atoms with Crippen LogP contribution in [-0.2, 0) is 0 Å². The molecule has 0 fully saturated rings. The summed E-state index contributed by atoms with van der Waals surface area (Å²) >= 11 is 0. The van der Waals surface area contributed by atoms with E-state index in [1.807, 2.05) is 54.6 Å². The van der Waals surface area contributed by atoms with Crippen LogP contribution in [0.5, 0.6) is 23.0 Å². The summed E-state index contributed by atoms with van der Waals surface area (Å²) in [7, 11) is 0. The van der Waals surface area contributed by atoms with E-state index >= 15 is 0 Å². The largest absolute Gasteiger partial charge is 0.490 e. The average Bonchev–Trinajstić information content (AvgIpc) is 2.67. The van der Waals surface area contributed by atoms with Crippen LogP contribution in [0.1, 0.15) is 10.4 Å². The monoisotopic (exact) mass is 350 g/mol. The van der Waals surface area contributed by atoms with Crippen LogP contribution in [0.25, 0.3) is 0 Å². The van der Waals surface area contributed by atoms with Crippen molar-refractivity contribution in [3.05, 3.63) is 84.4 Å². The summed E-state index contributed by atoms with van der Waals surface area (Å²) in [6, 6.07) is 23.3. The van der Waals surface area contributed by atoms with Crippen LogP contribution < -0.4 is 14.2 Å². The van der Waals surface area contributed by atoms with Crippen molar-refractivity contribution in [2.24, 2.45) is 0 Å². The van der Waals surface area contributed by atoms with E-state index in [2.05, 4.69) is 0 Å². The lowest BCUT2D eigenvalue weighted by atomic mass is 10.2. The summed E-state index contributed by atoms with van der Waals surface area (Å²) in [6.07, 6.45) is 0. The number of carbonyl (C=O) groups is 1. The van der Waals surface area contributed by atoms with Gasteiger partial charge in [-0.1, -0.05) is 30.3 Å². The summed E-state index contributed by atoms with van der Waals surface area (Å²) in [6.45, 7) is 0.541. The van der Waals surface area contributed by atoms with Crippen molar-refractivity contribution in [1.29, 1.82) is 0 Å². The fourth-order valence-corrected chi connectivity index (χ4v) is 2.31. The molecule has 0 aliphatic carbocycles. The first-order chi connectivity index (χ1) is 12.7. The van der Waals surface area contributed by atoms with Gasteiger partial charge in [-0.25, -0.2) is 4.79 Å². The summed E-state index contributed by atoms with van der Waals surface area (Å²) in [5.41, 5.74) is 0.134. The maximum atomic E-state index is 11.1. The van der Waals surface area contributed by atoms with E-state index in [-0.39, 0.29) is 12.2 Å². The molecule has 3 aromatic rings. The molecule has 0 atom stereocenters. The predicted molar refractivity (Wildman–Crippen MR) is 97.3 cm³/mol. The molecule has 0 amide bonds. The fourth-order valence-electron chi connectivity index (χ4n) is 2.31. The number of para-hydroxylation sites is 2. The van der Waals surface area contributed by atoms with Crippen LogP contribution in [0.4, 0.5) is 0 Å². The zero-order valence-electron chi connectivity index (χ0n) is 14.0. The molecule has 0 aliphatic heterocycles. The SMILES string of the molecule is O=C(O)c1ccccc1OCCOc1ccc(Oc2ccccc2)cc1. The average molecular weight is 350 g/mol. The third-order valence-corrected chi connectivity index (χ3v) is 3.53. The molecule has 0 aliphatic rings. The summed E-state index contributed by atoms with van der Waals surface area (Å²) < 4.78 is 16.8. The van der Waals surface area contributed by atoms with Crippen LogP contribution in [0.2, 0.25) is 0 Å². The van der Waals surface area contributed by atoms with Gasteiger partial charge in [-0.3, -0.25) is 0 Å². The molecule has 0 bridgehead atoms. The van der Waals surface area contributed by atoms with Gasteiger partial charge < -0.3 is 19.3 Å². The Bertz CT molecular complexity index is 844. The van der Waals surface area contributed by atoms with E-state index in [1.54, 1.807) is 18.2 Å². The summed E-state index contributed by atoms with van der Waals surface area (Å²) in [5, 5.41) is 9.11. The number of benzene rings is 3. The van der Waals surface area contributed by atoms with Crippen LogP contribution in [0.15, 0.2) is 78.9 Å². The Morgan fingerprint density at radius 1 is 0.692 bits per heavy atom. The molecular weight excluding hydrogens is 332 g/mol. The fraction of sp³-hybridized carbons (Fsp3) is 0.0952. The van der Waals surface area contributed by atoms with E-state index in [4.69, 9.17) is 19.3 Å². The third kappa shape index (κ3) is 4.77. The molecule has 0 aromatic heterocycles. The van der Waals surface area contributed by atoms with E-state index in [9.17, 15) is 4.79 Å². The maximum absolute atomic E-state index is 11.1. The number of carboxylic acid groups (broad SMARTS) is 1. The highest BCUT2D eigenvalue weighted by Crippen LogP contribution is 2.23. The lowest BCUT2D eigenvalue weighted by Gasteiger charge is -2.11. The number of aromatic carboxylic acids is 1. The Balaban J connectivity index is 1.48. The van der Waals surface area contributed by atoms with Crippen molar-refractivity contribution in [3.63, 3.8) is 0 Å². The molecule has 0 saturated heterocycles. The molecule has 0 heterocycles. The van der Waals surface area contributed by atoms with E-state index in [0.29, 0.717) is 18.1 Å². The van der Waals surface area contributed by atoms with Crippen molar-refractivity contribution in [3.8, 4) is 23.0 Å². The zero-order valence-corrected chi connectivity index (χ0v) is 14.0. The normalized spacial score (nSPS) is 10.2. The quantitative estimate of drug-likeness (QED) is 0.600. The van der Waals surface area contributed by atoms with Gasteiger partial charge in [0.05, 0.1) is 0 Å². The second kappa shape index (κ2) is 8.58. The predicted octanol–water partition coefficient (Wildman–Crippen LogP) is 4.63. The highest BCUT2D eigenvalue weighted by Gasteiger charge is 2.09. The van der Waals surface area contributed by atoms with Gasteiger partial charge in [0.25, 0.3) is 0 Å². The van der Waals surface area contributed by atoms with Crippen molar-refractivity contribution in [2.75, 3.05) is 13.2 Å². The molecular formula is C21H18O5. The van der Waals surface area contributed by atoms with Gasteiger partial charge in [0, 0.05) is 0 Å². The van der Waals surface area contributed by atoms with E-state index < -0.39 is 5.97 Å². The van der Waals surface area contributed by atoms with Crippen molar-refractivity contribution in [2.45, 2.75) is 0 Å². The lowest BCUT2D eigenvalue weighted by Crippen LogP contribution is -2.11. The first-order valence-corrected chi connectivity index (χ1v) is 8.13. The first-order valence-electron chi connectivity index (χ1n) is 8.13. The standard InChI is InChI=1S/C21H18O5/c22-21(23)19-8-4-5-9-20(19)25-15-14-24-16-10-12-18(13-11-16)26-17-6-2-1-3-7-17/h1-13H,14-15H2,(H,22,23). The Kier molecular flexibility index (Phi) is 5.72. The molecule has 26 heavy (non-hydrogen) atoms. The summed E-state index contributed by atoms with van der Waals surface area (Å²) in [4.78, 5) is 11.1. The van der Waals surface area contributed by atoms with Gasteiger partial charge in [0.1, 0.15) is 41.8 Å². The third-order valence-electron chi connectivity index (χ3n) is 3.53. The Hall–Kier alpha value is -3.47. The smallest absolute Gasteiger partial charge is 0.339 e. The zero-order chi connectivity index (χ0) is 18.2. The molecule has 5 nitrogen and oxygen atoms in total. The van der Waals surface area contributed by atoms with Crippen molar-refractivity contribution >= 4 is 5.97 Å². The van der Waals surface area contributed by atoms with Gasteiger partial charge in [-0.05, 0) is 48.5 Å². The van der Waals surface area contributed by atoms with E-state index in [0.717, 1.165) is 11.5 Å². The van der Waals surface area contributed by atoms with Gasteiger partial charge in [0.2, 0.25) is 0 Å². The first kappa shape index (κ1) is 17.4. The second-order valence-corrected chi connectivity index (χ2v) is 5.38. The van der Waals surface area contributed by atoms with Crippen molar-refractivity contribution in [1.82, 2.24) is 0 Å². The van der Waals surface area contributed by atoms with Gasteiger partial charge in [0.15, 0.2) is 0 Å². The Morgan fingerprint density at radius 3 is 2.00 bits per heavy atom. The van der Waals surface area contributed by atoms with Crippen molar-refractivity contribution < 1.29 is 24.1 Å². The highest BCUT2D eigenvalue weighted by atomic mass is 16.5. The van der Waals surface area contributed by atoms with Gasteiger partial charge in [-0.2, -0.15) is 0 Å². The minimum Gasteiger partial charge on any atom is -0.490 e. The molecule has 3 rings (SSSR count). The van der Waals surface area contributed by atoms with Crippen LogP contribution >= 0.6 is 0 Å². The van der Waals surface area contributed by atoms with E-state index in [1.165, 1.54) is 6.07 Å². The number of rotatable bonds is 8. The number of carboxylic acids is 1. The summed E-state index contributed by atoms with van der Waals surface area (Å²) in [5.74, 6) is 1.48. The minimum absolute atomic E-state index is 0.134. The molecule has 132 valence electrons. The Labute approximate surface area is 151 Å². The molecule has 0 spiro atoms. The number of ether oxygens (including phenoxy) is 3. The Morgan fingerprint density at radius 2 is 1.27 bits per heavy atom. The molecule has 1 N–H and O–H groups in total. The molecule has 0 saturated carbocycles. The van der Waals surface area contributed by atoms with Crippen LogP contribution in [-0.4, -0.2) is 24.3 Å². The lowest BCUT2D eigenvalue weighted by molar-refractivity contribution is 0.0691. The molecule has 5 heteroatoms. The van der Waals surface area contributed by atoms with Crippen LogP contribution in [0.3, 0.4) is 0 Å². The topological polar surface area (TPSA) is 65.0 Å². The molecule has 0 radical (unpaired) electrons. The van der Waals surface area contributed by atoms with Gasteiger partial charge in [-0.15, -0.1) is 0 Å².